The number of hydrogen-bond donors (Lipinski definition) is 3. The van der Waals surface area contributed by atoms with Gasteiger partial charge in [-0.1, -0.05) is 6.92 Å². The summed E-state index contributed by atoms with van der Waals surface area (Å²) in [6.07, 6.45) is 0. The molecule has 6 heteroatoms. The minimum Gasteiger partial charge on any atom is -0.399 e. The van der Waals surface area contributed by atoms with Crippen molar-refractivity contribution in [1.29, 1.82) is 0 Å². The fourth-order valence-electron chi connectivity index (χ4n) is 1.54. The minimum atomic E-state index is -0.746. The van der Waals surface area contributed by atoms with Gasteiger partial charge in [0.15, 0.2) is 0 Å². The molecule has 0 fully saturated rings. The summed E-state index contributed by atoms with van der Waals surface area (Å²) in [7, 11) is -0.746. The number of nitrogens with two attached hydrogens (primary N) is 1. The lowest BCUT2D eigenvalue weighted by atomic mass is 10.3. The molecule has 0 saturated carbocycles. The molecule has 1 aromatic heterocycles. The van der Waals surface area contributed by atoms with E-state index in [0.717, 1.165) is 11.0 Å². The Balaban J connectivity index is 2.02. The zero-order valence-corrected chi connectivity index (χ0v) is 10.5. The number of fused-ring (bicyclic) bond motifs is 1. The van der Waals surface area contributed by atoms with Gasteiger partial charge >= 0.3 is 0 Å². The van der Waals surface area contributed by atoms with Crippen LogP contribution in [0.25, 0.3) is 11.0 Å². The molecule has 0 saturated heterocycles. The van der Waals surface area contributed by atoms with Gasteiger partial charge in [-0.25, -0.2) is 4.98 Å². The van der Waals surface area contributed by atoms with Crippen molar-refractivity contribution >= 4 is 33.5 Å². The summed E-state index contributed by atoms with van der Waals surface area (Å²) in [5, 5.41) is 3.12. The van der Waals surface area contributed by atoms with Gasteiger partial charge in [0, 0.05) is 34.5 Å². The van der Waals surface area contributed by atoms with Crippen LogP contribution in [0.15, 0.2) is 18.2 Å². The molecular formula is C11H16N4OS. The number of anilines is 2. The van der Waals surface area contributed by atoms with Gasteiger partial charge in [0.2, 0.25) is 5.95 Å². The number of aromatic amines is 1. The predicted octanol–water partition coefficient (Wildman–Crippen LogP) is 1.33. The van der Waals surface area contributed by atoms with E-state index in [1.165, 1.54) is 0 Å². The zero-order chi connectivity index (χ0) is 12.3. The van der Waals surface area contributed by atoms with Gasteiger partial charge in [0.05, 0.1) is 11.0 Å². The van der Waals surface area contributed by atoms with Gasteiger partial charge < -0.3 is 16.0 Å². The standard InChI is InChI=1S/C11H16N4OS/c1-2-17(16)6-5-13-11-14-9-4-3-8(12)7-10(9)15-11/h3-4,7H,2,5-6,12H2,1H3,(H2,13,14,15). The third-order valence-electron chi connectivity index (χ3n) is 2.45. The lowest BCUT2D eigenvalue weighted by molar-refractivity contribution is 0.684. The molecular weight excluding hydrogens is 236 g/mol. The molecule has 92 valence electrons. The maximum absolute atomic E-state index is 11.2. The van der Waals surface area contributed by atoms with Gasteiger partial charge in [-0.05, 0) is 18.2 Å². The fraction of sp³-hybridized carbons (Fsp3) is 0.364. The summed E-state index contributed by atoms with van der Waals surface area (Å²) >= 11 is 0. The average molecular weight is 252 g/mol. The quantitative estimate of drug-likeness (QED) is 0.701. The van der Waals surface area contributed by atoms with Crippen LogP contribution in [0, 0.1) is 0 Å². The van der Waals surface area contributed by atoms with Gasteiger partial charge in [0.1, 0.15) is 0 Å². The molecule has 4 N–H and O–H groups in total. The maximum atomic E-state index is 11.2. The second-order valence-corrected chi connectivity index (χ2v) is 5.59. The topological polar surface area (TPSA) is 83.8 Å². The Morgan fingerprint density at radius 1 is 1.53 bits per heavy atom. The Hall–Kier alpha value is -1.56. The first kappa shape index (κ1) is 11.9. The normalized spacial score (nSPS) is 12.8. The third-order valence-corrected chi connectivity index (χ3v) is 3.75. The van der Waals surface area contributed by atoms with Gasteiger partial charge in [-0.15, -0.1) is 0 Å². The highest BCUT2D eigenvalue weighted by atomic mass is 32.2. The Morgan fingerprint density at radius 3 is 3.12 bits per heavy atom. The Bertz CT molecular complexity index is 537. The molecule has 1 atom stereocenters. The molecule has 0 radical (unpaired) electrons. The van der Waals surface area contributed by atoms with Crippen LogP contribution in [0.1, 0.15) is 6.92 Å². The number of benzene rings is 1. The highest BCUT2D eigenvalue weighted by Crippen LogP contribution is 2.16. The summed E-state index contributed by atoms with van der Waals surface area (Å²) in [5.74, 6) is 2.02. The van der Waals surface area contributed by atoms with Crippen LogP contribution < -0.4 is 11.1 Å². The van der Waals surface area contributed by atoms with Crippen LogP contribution in [0.5, 0.6) is 0 Å². The molecule has 17 heavy (non-hydrogen) atoms. The first-order chi connectivity index (χ1) is 8.19. The van der Waals surface area contributed by atoms with E-state index in [-0.39, 0.29) is 0 Å². The fourth-order valence-corrected chi connectivity index (χ4v) is 2.16. The van der Waals surface area contributed by atoms with E-state index in [4.69, 9.17) is 5.73 Å². The van der Waals surface area contributed by atoms with Crippen molar-refractivity contribution in [2.75, 3.05) is 29.1 Å². The SMILES string of the molecule is CCS(=O)CCNc1nc2ccc(N)cc2[nH]1. The smallest absolute Gasteiger partial charge is 0.201 e. The molecule has 0 aliphatic carbocycles. The van der Waals surface area contributed by atoms with Crippen molar-refractivity contribution < 1.29 is 4.21 Å². The molecule has 0 amide bonds. The van der Waals surface area contributed by atoms with Crippen molar-refractivity contribution in [3.63, 3.8) is 0 Å². The number of imidazole rings is 1. The number of nitrogen functional groups attached to an aromatic ring is 1. The van der Waals surface area contributed by atoms with Crippen LogP contribution in [0.2, 0.25) is 0 Å². The summed E-state index contributed by atoms with van der Waals surface area (Å²) in [6.45, 7) is 2.57. The lowest BCUT2D eigenvalue weighted by Crippen LogP contribution is -2.12. The van der Waals surface area contributed by atoms with Gasteiger partial charge in [0.25, 0.3) is 0 Å². The number of hydrogen-bond acceptors (Lipinski definition) is 4. The summed E-state index contributed by atoms with van der Waals surface area (Å²) < 4.78 is 11.2. The summed E-state index contributed by atoms with van der Waals surface area (Å²) in [4.78, 5) is 7.48. The van der Waals surface area contributed by atoms with E-state index in [9.17, 15) is 4.21 Å². The Labute approximate surface area is 102 Å². The van der Waals surface area contributed by atoms with Crippen LogP contribution in [-0.4, -0.2) is 32.2 Å². The molecule has 5 nitrogen and oxygen atoms in total. The van der Waals surface area contributed by atoms with Crippen LogP contribution in [-0.2, 0) is 10.8 Å². The molecule has 0 aliphatic heterocycles. The van der Waals surface area contributed by atoms with E-state index >= 15 is 0 Å². The van der Waals surface area contributed by atoms with Crippen LogP contribution >= 0.6 is 0 Å². The molecule has 0 spiro atoms. The average Bonchev–Trinajstić information content (AvgIpc) is 2.70. The van der Waals surface area contributed by atoms with E-state index in [1.807, 2.05) is 25.1 Å². The second-order valence-electron chi connectivity index (χ2n) is 3.72. The van der Waals surface area contributed by atoms with Crippen molar-refractivity contribution in [2.24, 2.45) is 0 Å². The summed E-state index contributed by atoms with van der Waals surface area (Å²) in [5.41, 5.74) is 8.17. The predicted molar refractivity (Wildman–Crippen MR) is 72.5 cm³/mol. The Kier molecular flexibility index (Phi) is 3.63. The number of nitrogens with one attached hydrogen (secondary N) is 2. The van der Waals surface area contributed by atoms with E-state index < -0.39 is 10.8 Å². The number of rotatable bonds is 5. The number of nitrogens with zero attached hydrogens (tertiary/aromatic N) is 1. The zero-order valence-electron chi connectivity index (χ0n) is 9.69. The second kappa shape index (κ2) is 5.18. The molecule has 0 aliphatic rings. The third kappa shape index (κ3) is 2.97. The molecule has 1 unspecified atom stereocenters. The molecule has 2 aromatic rings. The Morgan fingerprint density at radius 2 is 2.35 bits per heavy atom. The maximum Gasteiger partial charge on any atom is 0.201 e. The van der Waals surface area contributed by atoms with Crippen molar-refractivity contribution in [2.45, 2.75) is 6.92 Å². The minimum absolute atomic E-state index is 0.635. The van der Waals surface area contributed by atoms with Gasteiger partial charge in [-0.3, -0.25) is 4.21 Å². The van der Waals surface area contributed by atoms with Crippen LogP contribution in [0.3, 0.4) is 0 Å². The summed E-state index contributed by atoms with van der Waals surface area (Å²) in [6, 6.07) is 5.54. The van der Waals surface area contributed by atoms with E-state index in [0.29, 0.717) is 29.7 Å². The molecule has 0 bridgehead atoms. The first-order valence-corrected chi connectivity index (χ1v) is 7.02. The number of H-pyrrole nitrogens is 1. The van der Waals surface area contributed by atoms with Gasteiger partial charge in [-0.2, -0.15) is 0 Å². The number of aromatic nitrogens is 2. The highest BCUT2D eigenvalue weighted by molar-refractivity contribution is 7.84. The largest absolute Gasteiger partial charge is 0.399 e. The molecule has 1 heterocycles. The van der Waals surface area contributed by atoms with Crippen molar-refractivity contribution in [3.05, 3.63) is 18.2 Å². The lowest BCUT2D eigenvalue weighted by Gasteiger charge is -2.00. The molecule has 2 rings (SSSR count). The highest BCUT2D eigenvalue weighted by Gasteiger charge is 2.02. The van der Waals surface area contributed by atoms with Crippen LogP contribution in [0.4, 0.5) is 11.6 Å². The van der Waals surface area contributed by atoms with E-state index in [2.05, 4.69) is 15.3 Å². The van der Waals surface area contributed by atoms with Crippen molar-refractivity contribution in [3.8, 4) is 0 Å². The first-order valence-electron chi connectivity index (χ1n) is 5.53. The monoisotopic (exact) mass is 252 g/mol. The van der Waals surface area contributed by atoms with E-state index in [1.54, 1.807) is 0 Å². The van der Waals surface area contributed by atoms with Crippen molar-refractivity contribution in [1.82, 2.24) is 9.97 Å². The molecule has 1 aromatic carbocycles.